The standard InChI is InChI=1S/C10H14N2O2/c1-5(2)4-7-9-8(10(13)11-7)6(3)14-12-9/h5,7H,4H2,1-3H3,(H,11,13). The van der Waals surface area contributed by atoms with Crippen LogP contribution in [0.2, 0.25) is 0 Å². The van der Waals surface area contributed by atoms with E-state index in [-0.39, 0.29) is 11.9 Å². The second kappa shape index (κ2) is 3.12. The van der Waals surface area contributed by atoms with Crippen LogP contribution in [0.5, 0.6) is 0 Å². The molecule has 1 aromatic rings. The summed E-state index contributed by atoms with van der Waals surface area (Å²) in [6.45, 7) is 6.01. The molecule has 1 N–H and O–H groups in total. The zero-order valence-corrected chi connectivity index (χ0v) is 8.63. The number of aryl methyl sites for hydroxylation is 1. The van der Waals surface area contributed by atoms with Gasteiger partial charge in [-0.2, -0.15) is 0 Å². The topological polar surface area (TPSA) is 55.1 Å². The van der Waals surface area contributed by atoms with E-state index in [1.54, 1.807) is 6.92 Å². The number of amides is 1. The van der Waals surface area contributed by atoms with Gasteiger partial charge in [0.25, 0.3) is 5.91 Å². The summed E-state index contributed by atoms with van der Waals surface area (Å²) in [4.78, 5) is 11.5. The molecule has 1 amide bonds. The van der Waals surface area contributed by atoms with Crippen molar-refractivity contribution in [1.82, 2.24) is 10.5 Å². The van der Waals surface area contributed by atoms with Gasteiger partial charge in [-0.15, -0.1) is 0 Å². The van der Waals surface area contributed by atoms with E-state index in [0.717, 1.165) is 12.1 Å². The molecule has 4 nitrogen and oxygen atoms in total. The van der Waals surface area contributed by atoms with Gasteiger partial charge in [-0.05, 0) is 19.3 Å². The van der Waals surface area contributed by atoms with E-state index < -0.39 is 0 Å². The van der Waals surface area contributed by atoms with Crippen LogP contribution in [0.15, 0.2) is 4.52 Å². The maximum Gasteiger partial charge on any atom is 0.257 e. The largest absolute Gasteiger partial charge is 0.360 e. The van der Waals surface area contributed by atoms with Gasteiger partial charge in [0.15, 0.2) is 0 Å². The van der Waals surface area contributed by atoms with Crippen molar-refractivity contribution in [3.63, 3.8) is 0 Å². The number of carbonyl (C=O) groups is 1. The van der Waals surface area contributed by atoms with E-state index >= 15 is 0 Å². The highest BCUT2D eigenvalue weighted by Crippen LogP contribution is 2.30. The Morgan fingerprint density at radius 1 is 1.57 bits per heavy atom. The summed E-state index contributed by atoms with van der Waals surface area (Å²) in [6, 6.07) is 0.0370. The van der Waals surface area contributed by atoms with Crippen LogP contribution in [-0.2, 0) is 0 Å². The molecular weight excluding hydrogens is 180 g/mol. The van der Waals surface area contributed by atoms with E-state index in [1.807, 2.05) is 0 Å². The summed E-state index contributed by atoms with van der Waals surface area (Å²) in [5, 5.41) is 6.83. The number of nitrogens with zero attached hydrogens (tertiary/aromatic N) is 1. The fraction of sp³-hybridized carbons (Fsp3) is 0.600. The van der Waals surface area contributed by atoms with Gasteiger partial charge in [-0.25, -0.2) is 0 Å². The molecule has 0 saturated heterocycles. The summed E-state index contributed by atoms with van der Waals surface area (Å²) in [5.74, 6) is 1.09. The molecule has 0 fully saturated rings. The lowest BCUT2D eigenvalue weighted by Crippen LogP contribution is -2.21. The van der Waals surface area contributed by atoms with Crippen molar-refractivity contribution in [3.8, 4) is 0 Å². The highest BCUT2D eigenvalue weighted by atomic mass is 16.5. The smallest absolute Gasteiger partial charge is 0.257 e. The highest BCUT2D eigenvalue weighted by Gasteiger charge is 2.34. The Labute approximate surface area is 82.7 Å². The summed E-state index contributed by atoms with van der Waals surface area (Å²) < 4.78 is 5.01. The van der Waals surface area contributed by atoms with Crippen LogP contribution >= 0.6 is 0 Å². The molecule has 1 unspecified atom stereocenters. The Bertz CT molecular complexity index is 368. The zero-order valence-electron chi connectivity index (χ0n) is 8.63. The minimum atomic E-state index is -0.0515. The van der Waals surface area contributed by atoms with Crippen LogP contribution in [0.1, 0.15) is 48.1 Å². The van der Waals surface area contributed by atoms with Crippen molar-refractivity contribution in [1.29, 1.82) is 0 Å². The van der Waals surface area contributed by atoms with Gasteiger partial charge in [0.2, 0.25) is 0 Å². The third-order valence-corrected chi connectivity index (χ3v) is 2.46. The van der Waals surface area contributed by atoms with Crippen LogP contribution in [0, 0.1) is 12.8 Å². The first-order valence-corrected chi connectivity index (χ1v) is 4.86. The lowest BCUT2D eigenvalue weighted by atomic mass is 10.0. The molecule has 1 aliphatic rings. The Morgan fingerprint density at radius 3 is 2.93 bits per heavy atom. The molecule has 0 spiro atoms. The molecule has 0 radical (unpaired) electrons. The number of rotatable bonds is 2. The van der Waals surface area contributed by atoms with Crippen molar-refractivity contribution >= 4 is 5.91 Å². The Morgan fingerprint density at radius 2 is 2.29 bits per heavy atom. The van der Waals surface area contributed by atoms with E-state index in [0.29, 0.717) is 17.2 Å². The van der Waals surface area contributed by atoms with Gasteiger partial charge in [-0.3, -0.25) is 4.79 Å². The van der Waals surface area contributed by atoms with Crippen LogP contribution in [0.25, 0.3) is 0 Å². The summed E-state index contributed by atoms with van der Waals surface area (Å²) in [6.07, 6.45) is 0.907. The normalized spacial score (nSPS) is 20.0. The molecule has 0 aliphatic carbocycles. The first-order chi connectivity index (χ1) is 6.59. The summed E-state index contributed by atoms with van der Waals surface area (Å²) in [5.41, 5.74) is 1.41. The maximum absolute atomic E-state index is 11.5. The first-order valence-electron chi connectivity index (χ1n) is 4.86. The third-order valence-electron chi connectivity index (χ3n) is 2.46. The van der Waals surface area contributed by atoms with Crippen molar-refractivity contribution < 1.29 is 9.32 Å². The highest BCUT2D eigenvalue weighted by molar-refractivity contribution is 5.99. The number of aromatic nitrogens is 1. The number of hydrogen-bond acceptors (Lipinski definition) is 3. The average molecular weight is 194 g/mol. The van der Waals surface area contributed by atoms with Crippen LogP contribution in [0.4, 0.5) is 0 Å². The van der Waals surface area contributed by atoms with Gasteiger partial charge in [-0.1, -0.05) is 19.0 Å². The van der Waals surface area contributed by atoms with Gasteiger partial charge in [0.05, 0.1) is 6.04 Å². The predicted molar refractivity (Wildman–Crippen MR) is 50.9 cm³/mol. The van der Waals surface area contributed by atoms with Crippen LogP contribution in [-0.4, -0.2) is 11.1 Å². The minimum absolute atomic E-state index is 0.0370. The molecule has 2 rings (SSSR count). The number of carbonyl (C=O) groups excluding carboxylic acids is 1. The summed E-state index contributed by atoms with van der Waals surface area (Å²) in [7, 11) is 0. The SMILES string of the molecule is Cc1onc2c1C(=O)NC2CC(C)C. The lowest BCUT2D eigenvalue weighted by molar-refractivity contribution is 0.0949. The minimum Gasteiger partial charge on any atom is -0.360 e. The molecule has 76 valence electrons. The molecule has 1 aliphatic heterocycles. The number of hydrogen-bond donors (Lipinski definition) is 1. The zero-order chi connectivity index (χ0) is 10.3. The van der Waals surface area contributed by atoms with Gasteiger partial charge < -0.3 is 9.84 Å². The van der Waals surface area contributed by atoms with Crippen LogP contribution < -0.4 is 5.32 Å². The first kappa shape index (κ1) is 9.24. The third kappa shape index (κ3) is 1.31. The molecule has 2 heterocycles. The van der Waals surface area contributed by atoms with Crippen molar-refractivity contribution in [2.75, 3.05) is 0 Å². The molecular formula is C10H14N2O2. The number of nitrogens with one attached hydrogen (secondary N) is 1. The molecule has 1 aromatic heterocycles. The van der Waals surface area contributed by atoms with Crippen molar-refractivity contribution in [3.05, 3.63) is 17.0 Å². The quantitative estimate of drug-likeness (QED) is 0.781. The average Bonchev–Trinajstić information content (AvgIpc) is 2.56. The lowest BCUT2D eigenvalue weighted by Gasteiger charge is -2.11. The fourth-order valence-corrected chi connectivity index (χ4v) is 1.84. The van der Waals surface area contributed by atoms with Crippen LogP contribution in [0.3, 0.4) is 0 Å². The van der Waals surface area contributed by atoms with Gasteiger partial charge >= 0.3 is 0 Å². The Kier molecular flexibility index (Phi) is 2.06. The molecule has 0 saturated carbocycles. The van der Waals surface area contributed by atoms with Crippen molar-refractivity contribution in [2.24, 2.45) is 5.92 Å². The number of fused-ring (bicyclic) bond motifs is 1. The molecule has 14 heavy (non-hydrogen) atoms. The van der Waals surface area contributed by atoms with E-state index in [1.165, 1.54) is 0 Å². The van der Waals surface area contributed by atoms with E-state index in [4.69, 9.17) is 4.52 Å². The Balaban J connectivity index is 2.30. The van der Waals surface area contributed by atoms with Gasteiger partial charge in [0.1, 0.15) is 17.0 Å². The molecule has 4 heteroatoms. The molecule has 0 aromatic carbocycles. The van der Waals surface area contributed by atoms with Crippen molar-refractivity contribution in [2.45, 2.75) is 33.2 Å². The monoisotopic (exact) mass is 194 g/mol. The summed E-state index contributed by atoms with van der Waals surface area (Å²) >= 11 is 0. The predicted octanol–water partition coefficient (Wildman–Crippen LogP) is 1.81. The maximum atomic E-state index is 11.5. The molecule has 0 bridgehead atoms. The molecule has 1 atom stereocenters. The van der Waals surface area contributed by atoms with E-state index in [9.17, 15) is 4.79 Å². The second-order valence-corrected chi connectivity index (χ2v) is 4.15. The Hall–Kier alpha value is -1.32. The second-order valence-electron chi connectivity index (χ2n) is 4.15. The fourth-order valence-electron chi connectivity index (χ4n) is 1.84. The van der Waals surface area contributed by atoms with Gasteiger partial charge in [0, 0.05) is 0 Å². The van der Waals surface area contributed by atoms with E-state index in [2.05, 4.69) is 24.3 Å².